The molecule has 2 aromatic rings. The van der Waals surface area contributed by atoms with Gasteiger partial charge in [0.05, 0.1) is 6.20 Å². The van der Waals surface area contributed by atoms with Crippen LogP contribution in [0.1, 0.15) is 50.5 Å². The third-order valence-electron chi connectivity index (χ3n) is 3.84. The maximum absolute atomic E-state index is 5.79. The molecule has 0 bridgehead atoms. The van der Waals surface area contributed by atoms with Gasteiger partial charge in [-0.05, 0) is 25.8 Å². The number of guanidine groups is 1. The van der Waals surface area contributed by atoms with Gasteiger partial charge in [0.15, 0.2) is 5.96 Å². The molecule has 0 saturated carbocycles. The van der Waals surface area contributed by atoms with Crippen molar-refractivity contribution in [2.24, 2.45) is 4.99 Å². The number of nitrogens with zero attached hydrogens (tertiary/aromatic N) is 2. The molecule has 0 aliphatic heterocycles. The Balaban J connectivity index is 1.89. The summed E-state index contributed by atoms with van der Waals surface area (Å²) in [7, 11) is 0. The van der Waals surface area contributed by atoms with Gasteiger partial charge >= 0.3 is 0 Å². The van der Waals surface area contributed by atoms with E-state index in [1.165, 1.54) is 11.1 Å². The van der Waals surface area contributed by atoms with Gasteiger partial charge in [0.1, 0.15) is 12.3 Å². The second-order valence-electron chi connectivity index (χ2n) is 7.23. The van der Waals surface area contributed by atoms with E-state index in [1.54, 1.807) is 6.20 Å². The minimum atomic E-state index is -0.0360. The Morgan fingerprint density at radius 2 is 1.88 bits per heavy atom. The summed E-state index contributed by atoms with van der Waals surface area (Å²) in [5.41, 5.74) is 2.56. The Labute approximate surface area is 151 Å². The van der Waals surface area contributed by atoms with Crippen LogP contribution in [-0.2, 0) is 18.4 Å². The molecule has 0 radical (unpaired) electrons. The molecule has 0 spiro atoms. The first-order valence-corrected chi connectivity index (χ1v) is 8.91. The summed E-state index contributed by atoms with van der Waals surface area (Å²) in [5.74, 6) is 2.31. The van der Waals surface area contributed by atoms with E-state index >= 15 is 0 Å². The molecule has 2 rings (SSSR count). The number of hydrogen-bond donors (Lipinski definition) is 2. The van der Waals surface area contributed by atoms with E-state index in [9.17, 15) is 0 Å². The zero-order valence-corrected chi connectivity index (χ0v) is 16.0. The van der Waals surface area contributed by atoms with Gasteiger partial charge < -0.3 is 15.1 Å². The van der Waals surface area contributed by atoms with Crippen LogP contribution in [0.3, 0.4) is 0 Å². The number of nitrogens with one attached hydrogen (secondary N) is 2. The van der Waals surface area contributed by atoms with E-state index in [0.717, 1.165) is 31.2 Å². The van der Waals surface area contributed by atoms with Crippen molar-refractivity contribution in [2.75, 3.05) is 13.1 Å². The molecule has 1 aromatic heterocycles. The second-order valence-corrected chi connectivity index (χ2v) is 7.23. The quantitative estimate of drug-likeness (QED) is 0.622. The van der Waals surface area contributed by atoms with Gasteiger partial charge in [-0.1, -0.05) is 50.6 Å². The first-order chi connectivity index (χ1) is 11.9. The van der Waals surface area contributed by atoms with Crippen LogP contribution in [0.4, 0.5) is 0 Å². The van der Waals surface area contributed by atoms with Crippen LogP contribution < -0.4 is 10.6 Å². The number of oxazole rings is 1. The molecular weight excluding hydrogens is 312 g/mol. The molecule has 2 N–H and O–H groups in total. The Bertz CT molecular complexity index is 680. The summed E-state index contributed by atoms with van der Waals surface area (Å²) in [6.45, 7) is 12.6. The molecular formula is C20H30N4O. The molecule has 0 amide bonds. The Kier molecular flexibility index (Phi) is 6.62. The highest BCUT2D eigenvalue weighted by Crippen LogP contribution is 2.22. The Hall–Kier alpha value is -2.30. The number of aliphatic imine (C=N–C) groups is 1. The topological polar surface area (TPSA) is 62.5 Å². The SMILES string of the molecule is CCNC(=NCc1ncc(C(C)(C)C)o1)NCCc1ccc(C)cc1. The number of rotatable bonds is 6. The van der Waals surface area contributed by atoms with Crippen LogP contribution in [0.25, 0.3) is 0 Å². The van der Waals surface area contributed by atoms with Crippen LogP contribution in [-0.4, -0.2) is 24.0 Å². The van der Waals surface area contributed by atoms with Gasteiger partial charge in [-0.2, -0.15) is 0 Å². The third-order valence-corrected chi connectivity index (χ3v) is 3.84. The molecule has 0 atom stereocenters. The largest absolute Gasteiger partial charge is 0.443 e. The number of aryl methyl sites for hydroxylation is 1. The van der Waals surface area contributed by atoms with E-state index < -0.39 is 0 Å². The van der Waals surface area contributed by atoms with Crippen molar-refractivity contribution in [1.29, 1.82) is 0 Å². The highest BCUT2D eigenvalue weighted by atomic mass is 16.4. The molecule has 0 aliphatic rings. The first-order valence-electron chi connectivity index (χ1n) is 8.91. The predicted octanol–water partition coefficient (Wildman–Crippen LogP) is 3.58. The summed E-state index contributed by atoms with van der Waals surface area (Å²) in [5, 5.41) is 6.62. The molecule has 5 heteroatoms. The van der Waals surface area contributed by atoms with Crippen molar-refractivity contribution in [3.63, 3.8) is 0 Å². The van der Waals surface area contributed by atoms with Crippen LogP contribution in [0.5, 0.6) is 0 Å². The minimum absolute atomic E-state index is 0.0360. The minimum Gasteiger partial charge on any atom is -0.443 e. The molecule has 1 aromatic carbocycles. The highest BCUT2D eigenvalue weighted by Gasteiger charge is 2.18. The van der Waals surface area contributed by atoms with Gasteiger partial charge in [-0.15, -0.1) is 0 Å². The lowest BCUT2D eigenvalue weighted by Gasteiger charge is -2.13. The number of aromatic nitrogens is 1. The fourth-order valence-corrected chi connectivity index (χ4v) is 2.30. The first kappa shape index (κ1) is 19.0. The van der Waals surface area contributed by atoms with Gasteiger partial charge in [-0.3, -0.25) is 0 Å². The smallest absolute Gasteiger partial charge is 0.216 e. The monoisotopic (exact) mass is 342 g/mol. The fourth-order valence-electron chi connectivity index (χ4n) is 2.30. The summed E-state index contributed by atoms with van der Waals surface area (Å²) < 4.78 is 5.79. The fraction of sp³-hybridized carbons (Fsp3) is 0.500. The van der Waals surface area contributed by atoms with Gasteiger partial charge in [0.2, 0.25) is 5.89 Å². The molecule has 5 nitrogen and oxygen atoms in total. The zero-order chi connectivity index (χ0) is 18.3. The lowest BCUT2D eigenvalue weighted by Crippen LogP contribution is -2.38. The van der Waals surface area contributed by atoms with Crippen molar-refractivity contribution in [3.05, 3.63) is 53.2 Å². The third kappa shape index (κ3) is 6.25. The average molecular weight is 342 g/mol. The van der Waals surface area contributed by atoms with E-state index in [4.69, 9.17) is 4.42 Å². The summed E-state index contributed by atoms with van der Waals surface area (Å²) in [4.78, 5) is 8.88. The standard InChI is InChI=1S/C20H30N4O/c1-6-21-19(22-12-11-16-9-7-15(2)8-10-16)24-14-18-23-13-17(25-18)20(3,4)5/h7-10,13H,6,11-12,14H2,1-5H3,(H2,21,22,24). The molecule has 0 aliphatic carbocycles. The average Bonchev–Trinajstić information content (AvgIpc) is 3.04. The van der Waals surface area contributed by atoms with Crippen LogP contribution in [0.15, 0.2) is 39.9 Å². The van der Waals surface area contributed by atoms with E-state index in [-0.39, 0.29) is 5.41 Å². The van der Waals surface area contributed by atoms with Gasteiger partial charge in [0.25, 0.3) is 0 Å². The maximum atomic E-state index is 5.79. The molecule has 25 heavy (non-hydrogen) atoms. The van der Waals surface area contributed by atoms with Crippen molar-refractivity contribution in [2.45, 2.75) is 53.0 Å². The molecule has 0 unspecified atom stereocenters. The summed E-state index contributed by atoms with van der Waals surface area (Å²) in [6.07, 6.45) is 2.75. The van der Waals surface area contributed by atoms with Crippen molar-refractivity contribution >= 4 is 5.96 Å². The van der Waals surface area contributed by atoms with Crippen molar-refractivity contribution in [3.8, 4) is 0 Å². The zero-order valence-electron chi connectivity index (χ0n) is 16.0. The second kappa shape index (κ2) is 8.70. The molecule has 0 fully saturated rings. The van der Waals surface area contributed by atoms with Crippen molar-refractivity contribution in [1.82, 2.24) is 15.6 Å². The lowest BCUT2D eigenvalue weighted by molar-refractivity contribution is 0.383. The van der Waals surface area contributed by atoms with Crippen LogP contribution in [0.2, 0.25) is 0 Å². The van der Waals surface area contributed by atoms with E-state index in [0.29, 0.717) is 12.4 Å². The number of hydrogen-bond acceptors (Lipinski definition) is 3. The molecule has 0 saturated heterocycles. The lowest BCUT2D eigenvalue weighted by atomic mass is 9.94. The molecule has 136 valence electrons. The van der Waals surface area contributed by atoms with Crippen molar-refractivity contribution < 1.29 is 4.42 Å². The Morgan fingerprint density at radius 3 is 2.48 bits per heavy atom. The summed E-state index contributed by atoms with van der Waals surface area (Å²) in [6, 6.07) is 8.62. The summed E-state index contributed by atoms with van der Waals surface area (Å²) >= 11 is 0. The maximum Gasteiger partial charge on any atom is 0.216 e. The van der Waals surface area contributed by atoms with E-state index in [1.807, 2.05) is 0 Å². The number of benzene rings is 1. The van der Waals surface area contributed by atoms with Gasteiger partial charge in [0, 0.05) is 18.5 Å². The van der Waals surface area contributed by atoms with Crippen LogP contribution in [0, 0.1) is 6.92 Å². The van der Waals surface area contributed by atoms with E-state index in [2.05, 4.69) is 79.5 Å². The highest BCUT2D eigenvalue weighted by molar-refractivity contribution is 5.79. The van der Waals surface area contributed by atoms with Gasteiger partial charge in [-0.25, -0.2) is 9.98 Å². The normalized spacial score (nSPS) is 12.3. The molecule has 1 heterocycles. The Morgan fingerprint density at radius 1 is 1.16 bits per heavy atom. The predicted molar refractivity (Wildman–Crippen MR) is 103 cm³/mol. The van der Waals surface area contributed by atoms with Crippen LogP contribution >= 0.6 is 0 Å².